The zero-order valence-corrected chi connectivity index (χ0v) is 19.9. The molecule has 5 rings (SSSR count). The van der Waals surface area contributed by atoms with E-state index in [0.29, 0.717) is 5.75 Å². The lowest BCUT2D eigenvalue weighted by atomic mass is 10.1. The Balaban J connectivity index is 1.40. The fourth-order valence-corrected chi connectivity index (χ4v) is 4.38. The molecule has 2 N–H and O–H groups in total. The predicted molar refractivity (Wildman–Crippen MR) is 128 cm³/mol. The number of piperidine rings is 1. The lowest BCUT2D eigenvalue weighted by Gasteiger charge is -2.26. The maximum absolute atomic E-state index is 13.3. The van der Waals surface area contributed by atoms with Gasteiger partial charge in [0.2, 0.25) is 17.9 Å². The average Bonchev–Trinajstić information content (AvgIpc) is 2.89. The van der Waals surface area contributed by atoms with Crippen LogP contribution in [-0.2, 0) is 19.1 Å². The first-order chi connectivity index (χ1) is 17.8. The fourth-order valence-electron chi connectivity index (χ4n) is 4.38. The molecule has 2 aliphatic rings. The topological polar surface area (TPSA) is 155 Å². The van der Waals surface area contributed by atoms with Gasteiger partial charge in [-0.05, 0) is 43.7 Å². The van der Waals surface area contributed by atoms with Gasteiger partial charge in [-0.15, -0.1) is 0 Å². The predicted octanol–water partition coefficient (Wildman–Crippen LogP) is 1.25. The second kappa shape index (κ2) is 9.37. The standard InChI is InChI=1S/C25H22N4O8/c1-12-26-21-14(24(33)29(12)16-7-9-20(30)28-22(16)31)4-3-5-15(21)27-23(32)19-11-36-18-10-13(25(34)35-2)6-8-17(18)37-19/h3-6,8,10,16,19H,7,9,11H2,1-2H3,(H,27,32)(H,28,30,31). The zero-order valence-electron chi connectivity index (χ0n) is 19.9. The van der Waals surface area contributed by atoms with Crippen molar-refractivity contribution >= 4 is 40.3 Å². The molecule has 0 spiro atoms. The summed E-state index contributed by atoms with van der Waals surface area (Å²) in [4.78, 5) is 66.4. The number of esters is 1. The summed E-state index contributed by atoms with van der Waals surface area (Å²) < 4.78 is 17.4. The SMILES string of the molecule is COC(=O)c1ccc2c(c1)OCC(C(=O)Nc1cccc3c(=O)n(C4CCC(=O)NC4=O)c(C)nc13)O2. The highest BCUT2D eigenvalue weighted by molar-refractivity contribution is 6.02. The van der Waals surface area contributed by atoms with Crippen molar-refractivity contribution in [1.82, 2.24) is 14.9 Å². The van der Waals surface area contributed by atoms with Crippen molar-refractivity contribution in [3.05, 3.63) is 58.1 Å². The number of imide groups is 1. The Kier molecular flexibility index (Phi) is 6.07. The van der Waals surface area contributed by atoms with Crippen molar-refractivity contribution in [2.45, 2.75) is 31.9 Å². The number of nitrogens with zero attached hydrogens (tertiary/aromatic N) is 2. The molecule has 190 valence electrons. The molecular weight excluding hydrogens is 484 g/mol. The van der Waals surface area contributed by atoms with E-state index in [1.807, 2.05) is 0 Å². The van der Waals surface area contributed by atoms with Crippen LogP contribution in [0.2, 0.25) is 0 Å². The van der Waals surface area contributed by atoms with E-state index in [-0.39, 0.29) is 59.1 Å². The number of fused-ring (bicyclic) bond motifs is 2. The number of ether oxygens (including phenoxy) is 3. The molecule has 0 radical (unpaired) electrons. The summed E-state index contributed by atoms with van der Waals surface area (Å²) >= 11 is 0. The molecular formula is C25H22N4O8. The largest absolute Gasteiger partial charge is 0.485 e. The lowest BCUT2D eigenvalue weighted by Crippen LogP contribution is -2.45. The minimum atomic E-state index is -1.00. The second-order valence-corrected chi connectivity index (χ2v) is 8.56. The number of anilines is 1. The quantitative estimate of drug-likeness (QED) is 0.393. The normalized spacial score (nSPS) is 18.8. The molecule has 2 atom stereocenters. The van der Waals surface area contributed by atoms with Gasteiger partial charge >= 0.3 is 5.97 Å². The van der Waals surface area contributed by atoms with Crippen LogP contribution in [0.1, 0.15) is 35.1 Å². The van der Waals surface area contributed by atoms with Crippen molar-refractivity contribution in [2.75, 3.05) is 19.0 Å². The molecule has 2 aliphatic heterocycles. The molecule has 1 fully saturated rings. The Hall–Kier alpha value is -4.74. The van der Waals surface area contributed by atoms with Gasteiger partial charge in [0.25, 0.3) is 11.5 Å². The molecule has 1 saturated heterocycles. The molecule has 0 saturated carbocycles. The van der Waals surface area contributed by atoms with Crippen LogP contribution in [0.3, 0.4) is 0 Å². The van der Waals surface area contributed by atoms with Gasteiger partial charge in [0.15, 0.2) is 11.5 Å². The van der Waals surface area contributed by atoms with E-state index in [9.17, 15) is 24.0 Å². The van der Waals surface area contributed by atoms with Gasteiger partial charge in [0.1, 0.15) is 24.0 Å². The van der Waals surface area contributed by atoms with E-state index in [1.54, 1.807) is 25.1 Å². The van der Waals surface area contributed by atoms with E-state index >= 15 is 0 Å². The number of hydrogen-bond acceptors (Lipinski definition) is 9. The lowest BCUT2D eigenvalue weighted by molar-refractivity contribution is -0.135. The van der Waals surface area contributed by atoms with Gasteiger partial charge in [-0.25, -0.2) is 9.78 Å². The summed E-state index contributed by atoms with van der Waals surface area (Å²) in [5.74, 6) is -1.12. The number of carbonyl (C=O) groups is 4. The highest BCUT2D eigenvalue weighted by Gasteiger charge is 2.32. The number of para-hydroxylation sites is 1. The molecule has 3 heterocycles. The van der Waals surface area contributed by atoms with Crippen molar-refractivity contribution in [1.29, 1.82) is 0 Å². The Bertz CT molecular complexity index is 1530. The average molecular weight is 506 g/mol. The number of nitrogens with one attached hydrogen (secondary N) is 2. The number of rotatable bonds is 4. The Labute approximate surface area is 209 Å². The number of aromatic nitrogens is 2. The van der Waals surface area contributed by atoms with Crippen LogP contribution in [0.15, 0.2) is 41.2 Å². The van der Waals surface area contributed by atoms with Crippen LogP contribution in [-0.4, -0.2) is 53.1 Å². The van der Waals surface area contributed by atoms with Crippen molar-refractivity contribution in [2.24, 2.45) is 0 Å². The molecule has 0 bridgehead atoms. The summed E-state index contributed by atoms with van der Waals surface area (Å²) in [6.45, 7) is 1.48. The molecule has 3 amide bonds. The minimum absolute atomic E-state index is 0.108. The van der Waals surface area contributed by atoms with Gasteiger partial charge in [-0.2, -0.15) is 0 Å². The van der Waals surface area contributed by atoms with Gasteiger partial charge in [-0.3, -0.25) is 29.1 Å². The maximum atomic E-state index is 13.3. The molecule has 37 heavy (non-hydrogen) atoms. The Morgan fingerprint density at radius 2 is 1.97 bits per heavy atom. The van der Waals surface area contributed by atoms with Crippen LogP contribution in [0.25, 0.3) is 10.9 Å². The van der Waals surface area contributed by atoms with Gasteiger partial charge in [0, 0.05) is 6.42 Å². The van der Waals surface area contributed by atoms with E-state index in [1.165, 1.54) is 29.9 Å². The highest BCUT2D eigenvalue weighted by Crippen LogP contribution is 2.33. The first-order valence-electron chi connectivity index (χ1n) is 11.4. The van der Waals surface area contributed by atoms with E-state index in [0.717, 1.165) is 0 Å². The molecule has 0 aliphatic carbocycles. The monoisotopic (exact) mass is 506 g/mol. The summed E-state index contributed by atoms with van der Waals surface area (Å²) in [5, 5.41) is 5.19. The number of hydrogen-bond donors (Lipinski definition) is 2. The van der Waals surface area contributed by atoms with Crippen molar-refractivity contribution < 1.29 is 33.4 Å². The van der Waals surface area contributed by atoms with Crippen LogP contribution in [0, 0.1) is 6.92 Å². The zero-order chi connectivity index (χ0) is 26.3. The molecule has 12 heteroatoms. The van der Waals surface area contributed by atoms with Gasteiger partial charge in [-0.1, -0.05) is 6.07 Å². The number of amides is 3. The van der Waals surface area contributed by atoms with Crippen LogP contribution < -0.4 is 25.7 Å². The minimum Gasteiger partial charge on any atom is -0.485 e. The maximum Gasteiger partial charge on any atom is 0.337 e. The smallest absolute Gasteiger partial charge is 0.337 e. The third kappa shape index (κ3) is 4.37. The third-order valence-corrected chi connectivity index (χ3v) is 6.20. The molecule has 3 aromatic rings. The van der Waals surface area contributed by atoms with E-state index in [4.69, 9.17) is 14.2 Å². The van der Waals surface area contributed by atoms with Gasteiger partial charge in [0.05, 0.1) is 23.7 Å². The van der Waals surface area contributed by atoms with E-state index in [2.05, 4.69) is 15.6 Å². The molecule has 2 aromatic carbocycles. The first-order valence-corrected chi connectivity index (χ1v) is 11.4. The third-order valence-electron chi connectivity index (χ3n) is 6.20. The molecule has 2 unspecified atom stereocenters. The number of carbonyl (C=O) groups excluding carboxylic acids is 4. The Morgan fingerprint density at radius 3 is 2.73 bits per heavy atom. The second-order valence-electron chi connectivity index (χ2n) is 8.56. The van der Waals surface area contributed by atoms with Crippen molar-refractivity contribution in [3.63, 3.8) is 0 Å². The van der Waals surface area contributed by atoms with Crippen molar-refractivity contribution in [3.8, 4) is 11.5 Å². The number of aryl methyl sites for hydroxylation is 1. The first kappa shape index (κ1) is 24.0. The summed E-state index contributed by atoms with van der Waals surface area (Å²) in [6.07, 6.45) is -0.694. The van der Waals surface area contributed by atoms with E-state index < -0.39 is 35.5 Å². The highest BCUT2D eigenvalue weighted by atomic mass is 16.6. The van der Waals surface area contributed by atoms with Crippen LogP contribution >= 0.6 is 0 Å². The summed E-state index contributed by atoms with van der Waals surface area (Å²) in [7, 11) is 1.27. The summed E-state index contributed by atoms with van der Waals surface area (Å²) in [6, 6.07) is 8.38. The number of benzene rings is 2. The molecule has 1 aromatic heterocycles. The van der Waals surface area contributed by atoms with Crippen LogP contribution in [0.4, 0.5) is 5.69 Å². The van der Waals surface area contributed by atoms with Crippen LogP contribution in [0.5, 0.6) is 11.5 Å². The number of methoxy groups -OCH3 is 1. The fraction of sp³-hybridized carbons (Fsp3) is 0.280. The Morgan fingerprint density at radius 1 is 1.16 bits per heavy atom. The molecule has 12 nitrogen and oxygen atoms in total. The van der Waals surface area contributed by atoms with Gasteiger partial charge < -0.3 is 19.5 Å². The summed E-state index contributed by atoms with van der Waals surface area (Å²) in [5.41, 5.74) is 0.365.